The van der Waals surface area contributed by atoms with Crippen molar-refractivity contribution in [3.05, 3.63) is 24.3 Å². The van der Waals surface area contributed by atoms with Crippen LogP contribution in [0.1, 0.15) is 20.8 Å². The van der Waals surface area contributed by atoms with E-state index in [1.165, 1.54) is 24.2 Å². The molecule has 0 aliphatic rings. The molecule has 16 heavy (non-hydrogen) atoms. The van der Waals surface area contributed by atoms with Crippen LogP contribution in [0, 0.1) is 5.82 Å². The third kappa shape index (κ3) is 3.49. The van der Waals surface area contributed by atoms with Gasteiger partial charge in [-0.1, -0.05) is 0 Å². The smallest absolute Gasteiger partial charge is 0.414 e. The van der Waals surface area contributed by atoms with Crippen LogP contribution < -0.4 is 4.90 Å². The zero-order valence-corrected chi connectivity index (χ0v) is 9.82. The number of anilines is 1. The maximum Gasteiger partial charge on any atom is 0.414 e. The van der Waals surface area contributed by atoms with Crippen molar-refractivity contribution in [1.29, 1.82) is 0 Å². The minimum absolute atomic E-state index is 0.356. The number of nitrogens with zero attached hydrogens (tertiary/aromatic N) is 2. The van der Waals surface area contributed by atoms with E-state index in [1.807, 2.05) is 0 Å². The second-order valence-electron chi connectivity index (χ2n) is 4.40. The number of aromatic nitrogens is 1. The molecular weight excluding hydrogens is 211 g/mol. The Kier molecular flexibility index (Phi) is 3.47. The molecule has 0 saturated heterocycles. The topological polar surface area (TPSA) is 42.4 Å². The minimum atomic E-state index is -0.577. The number of rotatable bonds is 1. The predicted molar refractivity (Wildman–Crippen MR) is 58.8 cm³/mol. The summed E-state index contributed by atoms with van der Waals surface area (Å²) in [5.74, 6) is -0.493. The summed E-state index contributed by atoms with van der Waals surface area (Å²) in [6.45, 7) is 5.30. The average molecular weight is 226 g/mol. The summed E-state index contributed by atoms with van der Waals surface area (Å²) in [4.78, 5) is 16.5. The third-order valence-corrected chi connectivity index (χ3v) is 1.75. The van der Waals surface area contributed by atoms with E-state index in [-0.39, 0.29) is 0 Å². The fraction of sp³-hybridized carbons (Fsp3) is 0.455. The molecule has 0 radical (unpaired) electrons. The highest BCUT2D eigenvalue weighted by atomic mass is 19.1. The van der Waals surface area contributed by atoms with Crippen molar-refractivity contribution in [2.45, 2.75) is 26.4 Å². The van der Waals surface area contributed by atoms with E-state index >= 15 is 0 Å². The third-order valence-electron chi connectivity index (χ3n) is 1.75. The van der Waals surface area contributed by atoms with Gasteiger partial charge in [0.15, 0.2) is 0 Å². The minimum Gasteiger partial charge on any atom is -0.443 e. The highest BCUT2D eigenvalue weighted by Crippen LogP contribution is 2.16. The molecule has 0 spiro atoms. The normalized spacial score (nSPS) is 11.1. The lowest BCUT2D eigenvalue weighted by atomic mass is 10.2. The second kappa shape index (κ2) is 4.47. The number of hydrogen-bond donors (Lipinski definition) is 0. The Labute approximate surface area is 94.0 Å². The van der Waals surface area contributed by atoms with Gasteiger partial charge in [-0.25, -0.2) is 9.18 Å². The molecule has 0 saturated carbocycles. The summed E-state index contributed by atoms with van der Waals surface area (Å²) in [5, 5.41) is 0. The molecule has 1 aromatic rings. The van der Waals surface area contributed by atoms with E-state index < -0.39 is 17.5 Å². The zero-order chi connectivity index (χ0) is 12.3. The first-order valence-corrected chi connectivity index (χ1v) is 4.87. The largest absolute Gasteiger partial charge is 0.443 e. The fourth-order valence-electron chi connectivity index (χ4n) is 1.02. The van der Waals surface area contributed by atoms with E-state index in [1.54, 1.807) is 20.8 Å². The second-order valence-corrected chi connectivity index (χ2v) is 4.40. The van der Waals surface area contributed by atoms with Crippen LogP contribution in [0.25, 0.3) is 0 Å². The Hall–Kier alpha value is -1.65. The molecule has 0 unspecified atom stereocenters. The Morgan fingerprint density at radius 3 is 2.56 bits per heavy atom. The monoisotopic (exact) mass is 226 g/mol. The number of hydrogen-bond acceptors (Lipinski definition) is 3. The number of pyridine rings is 1. The molecule has 1 aromatic heterocycles. The van der Waals surface area contributed by atoms with E-state index in [9.17, 15) is 9.18 Å². The Morgan fingerprint density at radius 2 is 2.06 bits per heavy atom. The molecule has 0 aliphatic carbocycles. The number of amides is 1. The molecule has 0 fully saturated rings. The van der Waals surface area contributed by atoms with Gasteiger partial charge in [0, 0.05) is 13.1 Å². The van der Waals surface area contributed by atoms with E-state index in [0.717, 1.165) is 6.20 Å². The van der Waals surface area contributed by atoms with Crippen LogP contribution in [0.15, 0.2) is 18.5 Å². The van der Waals surface area contributed by atoms with Crippen molar-refractivity contribution < 1.29 is 13.9 Å². The van der Waals surface area contributed by atoms with Crippen LogP contribution in [0.5, 0.6) is 0 Å². The van der Waals surface area contributed by atoms with Gasteiger partial charge in [0.25, 0.3) is 0 Å². The van der Waals surface area contributed by atoms with Gasteiger partial charge in [0.1, 0.15) is 11.4 Å². The van der Waals surface area contributed by atoms with Crippen LogP contribution in [0.3, 0.4) is 0 Å². The zero-order valence-electron chi connectivity index (χ0n) is 9.82. The molecule has 4 nitrogen and oxygen atoms in total. The van der Waals surface area contributed by atoms with Crippen LogP contribution >= 0.6 is 0 Å². The lowest BCUT2D eigenvalue weighted by Crippen LogP contribution is -2.34. The molecular formula is C11H15FN2O2. The Balaban J connectivity index is 2.78. The molecule has 1 amide bonds. The van der Waals surface area contributed by atoms with Crippen LogP contribution in [-0.2, 0) is 4.74 Å². The predicted octanol–water partition coefficient (Wildman–Crippen LogP) is 2.59. The molecule has 1 heterocycles. The summed E-state index contributed by atoms with van der Waals surface area (Å²) in [7, 11) is 1.50. The first-order chi connectivity index (χ1) is 7.29. The van der Waals surface area contributed by atoms with Crippen LogP contribution in [0.2, 0.25) is 0 Å². The summed E-state index contributed by atoms with van der Waals surface area (Å²) in [6.07, 6.45) is 1.93. The first-order valence-electron chi connectivity index (χ1n) is 4.87. The van der Waals surface area contributed by atoms with Gasteiger partial charge < -0.3 is 4.74 Å². The first kappa shape index (κ1) is 12.4. The molecule has 0 atom stereocenters. The number of ether oxygens (including phenoxy) is 1. The van der Waals surface area contributed by atoms with Crippen molar-refractivity contribution in [3.8, 4) is 0 Å². The molecule has 88 valence electrons. The highest BCUT2D eigenvalue weighted by Gasteiger charge is 2.20. The van der Waals surface area contributed by atoms with Crippen molar-refractivity contribution in [2.24, 2.45) is 0 Å². The number of halogens is 1. The van der Waals surface area contributed by atoms with Gasteiger partial charge in [0.05, 0.1) is 18.1 Å². The Bertz CT molecular complexity index is 388. The summed E-state index contributed by atoms with van der Waals surface area (Å²) in [5.41, 5.74) is -0.221. The molecule has 1 rings (SSSR count). The summed E-state index contributed by atoms with van der Waals surface area (Å²) >= 11 is 0. The SMILES string of the molecule is CN(C(=O)OC(C)(C)C)c1cncc(F)c1. The van der Waals surface area contributed by atoms with Crippen molar-refractivity contribution in [3.63, 3.8) is 0 Å². The quantitative estimate of drug-likeness (QED) is 0.739. The van der Waals surface area contributed by atoms with Crippen LogP contribution in [0.4, 0.5) is 14.9 Å². The molecule has 0 bridgehead atoms. The van der Waals surface area contributed by atoms with Gasteiger partial charge in [0.2, 0.25) is 0 Å². The van der Waals surface area contributed by atoms with E-state index in [4.69, 9.17) is 4.74 Å². The lowest BCUT2D eigenvalue weighted by Gasteiger charge is -2.24. The number of carbonyl (C=O) groups excluding carboxylic acids is 1. The number of carbonyl (C=O) groups is 1. The molecule has 0 aromatic carbocycles. The maximum absolute atomic E-state index is 12.9. The van der Waals surface area contributed by atoms with Crippen molar-refractivity contribution in [1.82, 2.24) is 4.98 Å². The van der Waals surface area contributed by atoms with Crippen molar-refractivity contribution in [2.75, 3.05) is 11.9 Å². The molecule has 0 aliphatic heterocycles. The fourth-order valence-corrected chi connectivity index (χ4v) is 1.02. The van der Waals surface area contributed by atoms with E-state index in [0.29, 0.717) is 5.69 Å². The highest BCUT2D eigenvalue weighted by molar-refractivity contribution is 5.86. The average Bonchev–Trinajstić information content (AvgIpc) is 2.14. The van der Waals surface area contributed by atoms with Gasteiger partial charge >= 0.3 is 6.09 Å². The van der Waals surface area contributed by atoms with Gasteiger partial charge in [-0.05, 0) is 20.8 Å². The van der Waals surface area contributed by atoms with Gasteiger partial charge in [-0.3, -0.25) is 9.88 Å². The Morgan fingerprint density at radius 1 is 1.44 bits per heavy atom. The van der Waals surface area contributed by atoms with Gasteiger partial charge in [-0.15, -0.1) is 0 Å². The summed E-state index contributed by atoms with van der Waals surface area (Å²) in [6, 6.07) is 1.22. The summed E-state index contributed by atoms with van der Waals surface area (Å²) < 4.78 is 18.0. The van der Waals surface area contributed by atoms with Crippen LogP contribution in [-0.4, -0.2) is 23.7 Å². The maximum atomic E-state index is 12.9. The standard InChI is InChI=1S/C11H15FN2O2/c1-11(2,3)16-10(15)14(4)9-5-8(12)6-13-7-9/h5-7H,1-4H3. The molecule has 5 heteroatoms. The van der Waals surface area contributed by atoms with Crippen molar-refractivity contribution >= 4 is 11.8 Å². The molecule has 0 N–H and O–H groups in total. The van der Waals surface area contributed by atoms with E-state index in [2.05, 4.69) is 4.98 Å². The lowest BCUT2D eigenvalue weighted by molar-refractivity contribution is 0.0589. The van der Waals surface area contributed by atoms with Gasteiger partial charge in [-0.2, -0.15) is 0 Å².